The molecule has 0 saturated carbocycles. The van der Waals surface area contributed by atoms with E-state index in [1.165, 1.54) is 56.6 Å². The predicted molar refractivity (Wildman–Crippen MR) is 155 cm³/mol. The van der Waals surface area contributed by atoms with Gasteiger partial charge < -0.3 is 24.8 Å². The molecule has 0 radical (unpaired) electrons. The van der Waals surface area contributed by atoms with Gasteiger partial charge in [0, 0.05) is 0 Å². The summed E-state index contributed by atoms with van der Waals surface area (Å²) in [6, 6.07) is 37.0. The molecule has 38 heavy (non-hydrogen) atoms. The number of halogens is 2. The van der Waals surface area contributed by atoms with Crippen molar-refractivity contribution in [3.8, 4) is 22.3 Å². The van der Waals surface area contributed by atoms with Crippen LogP contribution in [-0.2, 0) is 20.0 Å². The van der Waals surface area contributed by atoms with Crippen molar-refractivity contribution in [3.63, 3.8) is 0 Å². The SMILES string of the molecule is CC[C](=[Ti+2])CC.[C-]1=CC=CC1.[Cl-].[Cl-].c1ccc(-c2ccc3c(c2)[cH-]c2cc(-c4ccccc4)ccc23)cc1. The largest absolute Gasteiger partial charge is 1.00 e. The van der Waals surface area contributed by atoms with Crippen LogP contribution in [0.4, 0.5) is 0 Å². The minimum atomic E-state index is 0. The molecule has 0 spiro atoms. The van der Waals surface area contributed by atoms with Crippen LogP contribution in [0.15, 0.2) is 121 Å². The van der Waals surface area contributed by atoms with Crippen molar-refractivity contribution in [1.82, 2.24) is 0 Å². The van der Waals surface area contributed by atoms with E-state index in [-0.39, 0.29) is 24.8 Å². The topological polar surface area (TPSA) is 0 Å². The molecule has 5 aromatic carbocycles. The van der Waals surface area contributed by atoms with Crippen LogP contribution in [0.5, 0.6) is 0 Å². The van der Waals surface area contributed by atoms with Crippen molar-refractivity contribution >= 4 is 25.4 Å². The molecular formula is C35H32Cl2Ti-2. The van der Waals surface area contributed by atoms with Crippen LogP contribution < -0.4 is 24.8 Å². The summed E-state index contributed by atoms with van der Waals surface area (Å²) < 4.78 is 1.59. The van der Waals surface area contributed by atoms with Gasteiger partial charge in [0.2, 0.25) is 0 Å². The zero-order valence-electron chi connectivity index (χ0n) is 21.9. The first kappa shape index (κ1) is 31.6. The van der Waals surface area contributed by atoms with Crippen molar-refractivity contribution in [2.45, 2.75) is 33.1 Å². The first-order valence-corrected chi connectivity index (χ1v) is 13.5. The van der Waals surface area contributed by atoms with Crippen molar-refractivity contribution in [2.24, 2.45) is 0 Å². The number of rotatable bonds is 4. The number of hydrogen-bond donors (Lipinski definition) is 0. The summed E-state index contributed by atoms with van der Waals surface area (Å²) in [7, 11) is 0. The van der Waals surface area contributed by atoms with Gasteiger partial charge in [0.1, 0.15) is 0 Å². The summed E-state index contributed by atoms with van der Waals surface area (Å²) in [5.74, 6) is 0. The normalized spacial score (nSPS) is 11.1. The summed E-state index contributed by atoms with van der Waals surface area (Å²) in [5, 5.41) is 5.27. The van der Waals surface area contributed by atoms with E-state index in [0.717, 1.165) is 6.42 Å². The second-order valence-electron chi connectivity index (χ2n) is 8.79. The molecule has 0 atom stereocenters. The molecule has 0 nitrogen and oxygen atoms in total. The molecule has 0 aromatic heterocycles. The zero-order valence-corrected chi connectivity index (χ0v) is 25.0. The van der Waals surface area contributed by atoms with E-state index in [2.05, 4.69) is 149 Å². The van der Waals surface area contributed by atoms with Gasteiger partial charge in [-0.25, -0.2) is 12.2 Å². The molecule has 0 unspecified atom stereocenters. The second-order valence-corrected chi connectivity index (χ2v) is 9.90. The van der Waals surface area contributed by atoms with Gasteiger partial charge in [-0.1, -0.05) is 96.1 Å². The fourth-order valence-corrected chi connectivity index (χ4v) is 4.23. The Bertz CT molecular complexity index is 1370. The van der Waals surface area contributed by atoms with Crippen molar-refractivity contribution in [2.75, 3.05) is 0 Å². The van der Waals surface area contributed by atoms with Gasteiger partial charge in [-0.3, -0.25) is 6.08 Å². The van der Waals surface area contributed by atoms with Crippen LogP contribution in [0.25, 0.3) is 43.8 Å². The average molecular weight is 571 g/mol. The standard InChI is InChI=1S/C25H17.C5H5.C5H10.2ClH.Ti/c1-3-7-18(8-4-1)20-11-13-24-22(15-20)17-23-16-21(12-14-25(23)24)19-9-5-2-6-10-19;1-2-4-5-3-1;1-3-5-4-2;;;/h1-17H;1-3H,4H2;3-4H2,1-2H3;2*1H;/q2*-1;;;;+2/p-2. The maximum absolute atomic E-state index is 2.99. The molecule has 192 valence electrons. The van der Waals surface area contributed by atoms with Gasteiger partial charge in [0.05, 0.1) is 0 Å². The van der Waals surface area contributed by atoms with E-state index in [1.807, 2.05) is 12.2 Å². The van der Waals surface area contributed by atoms with Gasteiger partial charge in [0.15, 0.2) is 0 Å². The average Bonchev–Trinajstić information content (AvgIpc) is 3.65. The van der Waals surface area contributed by atoms with E-state index in [1.54, 1.807) is 3.81 Å². The fourth-order valence-electron chi connectivity index (χ4n) is 4.23. The Morgan fingerprint density at radius 2 is 1.16 bits per heavy atom. The quantitative estimate of drug-likeness (QED) is 0.227. The third-order valence-electron chi connectivity index (χ3n) is 6.36. The fraction of sp³-hybridized carbons (Fsp3) is 0.143. The minimum absolute atomic E-state index is 0. The van der Waals surface area contributed by atoms with Crippen LogP contribution in [0, 0.1) is 6.08 Å². The molecule has 1 aliphatic rings. The van der Waals surface area contributed by atoms with E-state index in [0.29, 0.717) is 0 Å². The molecule has 6 rings (SSSR count). The summed E-state index contributed by atoms with van der Waals surface area (Å²) in [5.41, 5.74) is 5.07. The van der Waals surface area contributed by atoms with Crippen LogP contribution in [-0.4, -0.2) is 3.81 Å². The molecule has 0 heterocycles. The van der Waals surface area contributed by atoms with Gasteiger partial charge >= 0.3 is 50.5 Å². The van der Waals surface area contributed by atoms with E-state index < -0.39 is 0 Å². The first-order valence-electron chi connectivity index (χ1n) is 12.7. The van der Waals surface area contributed by atoms with Crippen LogP contribution in [0.2, 0.25) is 0 Å². The molecule has 5 aromatic rings. The number of allylic oxidation sites excluding steroid dienone is 4. The van der Waals surface area contributed by atoms with E-state index >= 15 is 0 Å². The van der Waals surface area contributed by atoms with E-state index in [4.69, 9.17) is 0 Å². The predicted octanol–water partition coefficient (Wildman–Crippen LogP) is 3.89. The Morgan fingerprint density at radius 1 is 0.684 bits per heavy atom. The van der Waals surface area contributed by atoms with Gasteiger partial charge in [0.25, 0.3) is 0 Å². The van der Waals surface area contributed by atoms with Crippen molar-refractivity contribution in [1.29, 1.82) is 0 Å². The Balaban J connectivity index is 0.000000330. The summed E-state index contributed by atoms with van der Waals surface area (Å²) >= 11 is 2.19. The Labute approximate surface area is 251 Å². The van der Waals surface area contributed by atoms with Gasteiger partial charge in [-0.05, 0) is 11.1 Å². The van der Waals surface area contributed by atoms with Crippen LogP contribution in [0.1, 0.15) is 33.1 Å². The summed E-state index contributed by atoms with van der Waals surface area (Å²) in [6.45, 7) is 4.39. The Morgan fingerprint density at radius 3 is 1.47 bits per heavy atom. The second kappa shape index (κ2) is 16.4. The van der Waals surface area contributed by atoms with Crippen LogP contribution >= 0.6 is 0 Å². The first-order chi connectivity index (χ1) is 17.7. The smallest absolute Gasteiger partial charge is 0.0259 e. The maximum Gasteiger partial charge on any atom is -0.0259 e. The zero-order chi connectivity index (χ0) is 25.2. The maximum atomic E-state index is 2.99. The van der Waals surface area contributed by atoms with Crippen molar-refractivity contribution in [3.05, 3.63) is 127 Å². The Hall–Kier alpha value is -2.61. The molecular weight excluding hydrogens is 539 g/mol. The molecule has 3 heteroatoms. The molecule has 0 bridgehead atoms. The monoisotopic (exact) mass is 570 g/mol. The molecule has 0 saturated heterocycles. The third-order valence-corrected chi connectivity index (χ3v) is 7.46. The number of benzene rings is 4. The van der Waals surface area contributed by atoms with Crippen molar-refractivity contribution < 1.29 is 44.8 Å². The van der Waals surface area contributed by atoms with Gasteiger partial charge in [-0.15, -0.1) is 46.2 Å². The van der Waals surface area contributed by atoms with Gasteiger partial charge in [-0.2, -0.15) is 6.08 Å². The molecule has 0 fully saturated rings. The molecule has 1 aliphatic carbocycles. The molecule has 0 amide bonds. The summed E-state index contributed by atoms with van der Waals surface area (Å²) in [4.78, 5) is 0. The number of hydrogen-bond acceptors (Lipinski definition) is 0. The third kappa shape index (κ3) is 8.45. The molecule has 0 aliphatic heterocycles. The minimum Gasteiger partial charge on any atom is -1.00 e. The number of fused-ring (bicyclic) bond motifs is 3. The van der Waals surface area contributed by atoms with E-state index in [9.17, 15) is 0 Å². The Kier molecular flexibility index (Phi) is 13.6. The summed E-state index contributed by atoms with van der Waals surface area (Å²) in [6.07, 6.45) is 12.5. The molecule has 0 N–H and O–H groups in total. The van der Waals surface area contributed by atoms with Crippen LogP contribution in [0.3, 0.4) is 0 Å².